The van der Waals surface area contributed by atoms with Crippen LogP contribution in [0.15, 0.2) is 37.1 Å². The van der Waals surface area contributed by atoms with Crippen LogP contribution in [0.25, 0.3) is 22.0 Å². The highest BCUT2D eigenvalue weighted by molar-refractivity contribution is 6.41. The summed E-state index contributed by atoms with van der Waals surface area (Å²) in [5, 5.41) is 6.14. The number of nitrogens with zero attached hydrogens (tertiary/aromatic N) is 3. The molecule has 1 aliphatic carbocycles. The minimum Gasteiger partial charge on any atom is -0.495 e. The molecule has 10 heteroatoms. The molecule has 204 valence electrons. The van der Waals surface area contributed by atoms with Crippen LogP contribution < -0.4 is 19.7 Å². The highest BCUT2D eigenvalue weighted by atomic mass is 35.5. The Kier molecular flexibility index (Phi) is 7.04. The average molecular weight is 569 g/mol. The van der Waals surface area contributed by atoms with E-state index in [1.54, 1.807) is 20.3 Å². The van der Waals surface area contributed by atoms with Gasteiger partial charge in [0.15, 0.2) is 5.78 Å². The standard InChI is InChI=1S/C29H30Cl2N4O4/c1-4-19(36)6-18-13-39-14-22(18)33-25-8-20-15(10-32-25)7-21(34-29(20)35-11-16-5-17(16)12-35)26-27(30)23(37-2)9-24(38-3)28(26)31/h4,7-10,16-18,22H,1,5-6,11-14H2,2-3H3,(H,32,33)/t16?,17?,18-,22+/m0/s1. The first-order valence-corrected chi connectivity index (χ1v) is 13.8. The van der Waals surface area contributed by atoms with E-state index in [4.69, 9.17) is 47.4 Å². The molecule has 3 fully saturated rings. The molecule has 39 heavy (non-hydrogen) atoms. The zero-order chi connectivity index (χ0) is 27.3. The number of fused-ring (bicyclic) bond motifs is 2. The lowest BCUT2D eigenvalue weighted by molar-refractivity contribution is -0.115. The normalized spacial score (nSPS) is 23.5. The number of allylic oxidation sites excluding steroid dienone is 1. The molecule has 0 radical (unpaired) electrons. The third-order valence-electron chi connectivity index (χ3n) is 8.03. The van der Waals surface area contributed by atoms with Crippen molar-refractivity contribution in [3.05, 3.63) is 47.1 Å². The molecule has 1 saturated carbocycles. The molecule has 2 aliphatic heterocycles. The van der Waals surface area contributed by atoms with Crippen molar-refractivity contribution < 1.29 is 19.0 Å². The van der Waals surface area contributed by atoms with E-state index in [2.05, 4.69) is 16.8 Å². The van der Waals surface area contributed by atoms with Gasteiger partial charge >= 0.3 is 0 Å². The second-order valence-electron chi connectivity index (χ2n) is 10.5. The molecule has 2 saturated heterocycles. The maximum absolute atomic E-state index is 12.0. The molecular weight excluding hydrogens is 539 g/mol. The fraction of sp³-hybridized carbons (Fsp3) is 0.414. The second-order valence-corrected chi connectivity index (χ2v) is 11.2. The van der Waals surface area contributed by atoms with E-state index in [9.17, 15) is 4.79 Å². The number of rotatable bonds is 9. The van der Waals surface area contributed by atoms with Crippen molar-refractivity contribution in [2.24, 2.45) is 17.8 Å². The first-order chi connectivity index (χ1) is 18.9. The van der Waals surface area contributed by atoms with Gasteiger partial charge in [-0.05, 0) is 36.5 Å². The number of piperidine rings is 1. The maximum Gasteiger partial charge on any atom is 0.155 e. The van der Waals surface area contributed by atoms with Crippen molar-refractivity contribution in [1.29, 1.82) is 0 Å². The molecule has 4 atom stereocenters. The fourth-order valence-electron chi connectivity index (χ4n) is 5.75. The topological polar surface area (TPSA) is 85.8 Å². The van der Waals surface area contributed by atoms with Gasteiger partial charge in [-0.3, -0.25) is 4.79 Å². The summed E-state index contributed by atoms with van der Waals surface area (Å²) in [6.07, 6.45) is 4.88. The number of hydrogen-bond acceptors (Lipinski definition) is 8. The van der Waals surface area contributed by atoms with Gasteiger partial charge in [0, 0.05) is 54.0 Å². The highest BCUT2D eigenvalue weighted by Crippen LogP contribution is 2.49. The molecule has 0 spiro atoms. The van der Waals surface area contributed by atoms with Gasteiger partial charge in [-0.15, -0.1) is 0 Å². The Labute approximate surface area is 237 Å². The van der Waals surface area contributed by atoms with Crippen molar-refractivity contribution in [1.82, 2.24) is 9.97 Å². The average Bonchev–Trinajstić information content (AvgIpc) is 3.31. The summed E-state index contributed by atoms with van der Waals surface area (Å²) in [4.78, 5) is 24.2. The largest absolute Gasteiger partial charge is 0.495 e. The Morgan fingerprint density at radius 1 is 1.15 bits per heavy atom. The minimum absolute atomic E-state index is 0.0156. The van der Waals surface area contributed by atoms with Gasteiger partial charge < -0.3 is 24.4 Å². The lowest BCUT2D eigenvalue weighted by atomic mass is 9.97. The Hall–Kier alpha value is -3.07. The lowest BCUT2D eigenvalue weighted by Crippen LogP contribution is -2.29. The first kappa shape index (κ1) is 26.2. The third-order valence-corrected chi connectivity index (χ3v) is 8.78. The number of halogens is 2. The zero-order valence-electron chi connectivity index (χ0n) is 21.9. The quantitative estimate of drug-likeness (QED) is 0.331. The van der Waals surface area contributed by atoms with Crippen LogP contribution >= 0.6 is 23.2 Å². The first-order valence-electron chi connectivity index (χ1n) is 13.1. The number of ketones is 1. The molecular formula is C29H30Cl2N4O4. The third kappa shape index (κ3) is 4.90. The summed E-state index contributed by atoms with van der Waals surface area (Å²) in [5.74, 6) is 4.01. The van der Waals surface area contributed by atoms with Crippen LogP contribution in [0.2, 0.25) is 10.0 Å². The van der Waals surface area contributed by atoms with Crippen LogP contribution in [-0.2, 0) is 9.53 Å². The second kappa shape index (κ2) is 10.5. The van der Waals surface area contributed by atoms with Crippen molar-refractivity contribution in [2.75, 3.05) is 50.7 Å². The highest BCUT2D eigenvalue weighted by Gasteiger charge is 2.46. The minimum atomic E-state index is -0.0178. The SMILES string of the molecule is C=CC(=O)C[C@H]1COC[C@H]1Nc1cc2c(N3CC4CC4C3)nc(-c3c(Cl)c(OC)cc(OC)c3Cl)cc2cn1. The van der Waals surface area contributed by atoms with E-state index in [0.29, 0.717) is 70.1 Å². The van der Waals surface area contributed by atoms with Crippen molar-refractivity contribution in [3.8, 4) is 22.8 Å². The van der Waals surface area contributed by atoms with Crippen molar-refractivity contribution in [2.45, 2.75) is 18.9 Å². The number of anilines is 2. The monoisotopic (exact) mass is 568 g/mol. The van der Waals surface area contributed by atoms with Crippen LogP contribution in [0, 0.1) is 17.8 Å². The number of hydrogen-bond donors (Lipinski definition) is 1. The van der Waals surface area contributed by atoms with Gasteiger partial charge in [0.2, 0.25) is 0 Å². The van der Waals surface area contributed by atoms with Gasteiger partial charge in [-0.2, -0.15) is 0 Å². The summed E-state index contributed by atoms with van der Waals surface area (Å²) in [7, 11) is 3.11. The molecule has 4 heterocycles. The number of pyridine rings is 2. The molecule has 8 nitrogen and oxygen atoms in total. The Bertz CT molecular complexity index is 1430. The number of carbonyl (C=O) groups excluding carboxylic acids is 1. The molecule has 6 rings (SSSR count). The van der Waals surface area contributed by atoms with Gasteiger partial charge in [0.1, 0.15) is 23.1 Å². The van der Waals surface area contributed by atoms with E-state index in [1.165, 1.54) is 12.5 Å². The molecule has 3 aromatic rings. The van der Waals surface area contributed by atoms with Crippen LogP contribution in [0.5, 0.6) is 11.5 Å². The van der Waals surface area contributed by atoms with Crippen molar-refractivity contribution >= 4 is 51.4 Å². The smallest absolute Gasteiger partial charge is 0.155 e. The molecule has 1 N–H and O–H groups in total. The van der Waals surface area contributed by atoms with Crippen LogP contribution in [0.3, 0.4) is 0 Å². The van der Waals surface area contributed by atoms with Gasteiger partial charge in [0.05, 0.1) is 49.2 Å². The van der Waals surface area contributed by atoms with Crippen LogP contribution in [0.1, 0.15) is 12.8 Å². The number of carbonyl (C=O) groups is 1. The van der Waals surface area contributed by atoms with E-state index in [0.717, 1.165) is 29.7 Å². The zero-order valence-corrected chi connectivity index (χ0v) is 23.4. The molecule has 1 aromatic carbocycles. The maximum atomic E-state index is 12.0. The predicted octanol–water partition coefficient (Wildman–Crippen LogP) is 5.65. The summed E-state index contributed by atoms with van der Waals surface area (Å²) in [6, 6.07) is 5.64. The van der Waals surface area contributed by atoms with E-state index in [-0.39, 0.29) is 17.7 Å². The van der Waals surface area contributed by atoms with Crippen molar-refractivity contribution in [3.63, 3.8) is 0 Å². The Balaban J connectivity index is 1.42. The Morgan fingerprint density at radius 3 is 2.54 bits per heavy atom. The molecule has 0 amide bonds. The molecule has 2 unspecified atom stereocenters. The summed E-state index contributed by atoms with van der Waals surface area (Å²) >= 11 is 13.5. The predicted molar refractivity (Wildman–Crippen MR) is 153 cm³/mol. The summed E-state index contributed by atoms with van der Waals surface area (Å²) in [6.45, 7) is 6.57. The fourth-order valence-corrected chi connectivity index (χ4v) is 6.44. The molecule has 0 bridgehead atoms. The van der Waals surface area contributed by atoms with Gasteiger partial charge in [-0.25, -0.2) is 9.97 Å². The van der Waals surface area contributed by atoms with E-state index in [1.807, 2.05) is 18.3 Å². The summed E-state index contributed by atoms with van der Waals surface area (Å²) in [5.41, 5.74) is 1.18. The number of ether oxygens (including phenoxy) is 3. The molecule has 3 aliphatic rings. The summed E-state index contributed by atoms with van der Waals surface area (Å²) < 4.78 is 16.7. The van der Waals surface area contributed by atoms with Gasteiger partial charge in [0.25, 0.3) is 0 Å². The van der Waals surface area contributed by atoms with E-state index < -0.39 is 0 Å². The number of benzene rings is 1. The van der Waals surface area contributed by atoms with E-state index >= 15 is 0 Å². The number of aromatic nitrogens is 2. The lowest BCUT2D eigenvalue weighted by Gasteiger charge is -2.24. The number of nitrogens with one attached hydrogen (secondary N) is 1. The van der Waals surface area contributed by atoms with Gasteiger partial charge in [-0.1, -0.05) is 29.8 Å². The Morgan fingerprint density at radius 2 is 1.87 bits per heavy atom. The number of methoxy groups -OCH3 is 2. The van der Waals surface area contributed by atoms with Crippen LogP contribution in [-0.4, -0.2) is 62.3 Å². The van der Waals surface area contributed by atoms with Crippen LogP contribution in [0.4, 0.5) is 11.6 Å². The molecule has 2 aromatic heterocycles.